The number of para-hydroxylation sites is 2. The number of ether oxygens (including phenoxy) is 2. The lowest BCUT2D eigenvalue weighted by Crippen LogP contribution is -2.15. The summed E-state index contributed by atoms with van der Waals surface area (Å²) in [6, 6.07) is 11.0. The summed E-state index contributed by atoms with van der Waals surface area (Å²) in [5.74, 6) is 0.754. The van der Waals surface area contributed by atoms with E-state index < -0.39 is 4.92 Å². The number of anilines is 1. The number of nitrogens with zero attached hydrogens (tertiary/aromatic N) is 1. The van der Waals surface area contributed by atoms with Gasteiger partial charge in [-0.1, -0.05) is 12.1 Å². The summed E-state index contributed by atoms with van der Waals surface area (Å²) >= 11 is 0. The predicted octanol–water partition coefficient (Wildman–Crippen LogP) is 2.91. The van der Waals surface area contributed by atoms with Crippen LogP contribution < -0.4 is 14.8 Å². The van der Waals surface area contributed by atoms with Crippen LogP contribution in [0.1, 0.15) is 10.4 Å². The van der Waals surface area contributed by atoms with Crippen molar-refractivity contribution in [3.05, 3.63) is 58.1 Å². The number of rotatable bonds is 7. The standard InChI is InChI=1S/C16H16N2O5/c1-22-15-8-7-11(9-16(15)23-2)14(19)10-17-12-5-3-4-6-13(12)18(20)21/h3-9,17H,10H2,1-2H3. The maximum Gasteiger partial charge on any atom is 0.292 e. The molecule has 0 aliphatic heterocycles. The molecule has 0 saturated heterocycles. The van der Waals surface area contributed by atoms with Crippen molar-refractivity contribution in [1.82, 2.24) is 0 Å². The second-order valence-electron chi connectivity index (χ2n) is 4.62. The first-order valence-corrected chi connectivity index (χ1v) is 6.79. The molecule has 0 fully saturated rings. The Morgan fingerprint density at radius 2 is 1.83 bits per heavy atom. The molecule has 7 nitrogen and oxygen atoms in total. The maximum absolute atomic E-state index is 12.2. The zero-order valence-electron chi connectivity index (χ0n) is 12.7. The monoisotopic (exact) mass is 316 g/mol. The Morgan fingerprint density at radius 1 is 1.13 bits per heavy atom. The highest BCUT2D eigenvalue weighted by molar-refractivity contribution is 5.99. The highest BCUT2D eigenvalue weighted by Crippen LogP contribution is 2.28. The van der Waals surface area contributed by atoms with E-state index in [1.165, 1.54) is 20.3 Å². The lowest BCUT2D eigenvalue weighted by atomic mass is 10.1. The van der Waals surface area contributed by atoms with Crippen LogP contribution in [0, 0.1) is 10.1 Å². The molecule has 0 unspecified atom stereocenters. The van der Waals surface area contributed by atoms with Gasteiger partial charge in [0.25, 0.3) is 5.69 Å². The van der Waals surface area contributed by atoms with Gasteiger partial charge in [-0.2, -0.15) is 0 Å². The third-order valence-corrected chi connectivity index (χ3v) is 3.25. The number of hydrogen-bond donors (Lipinski definition) is 1. The Bertz CT molecular complexity index is 730. The highest BCUT2D eigenvalue weighted by Gasteiger charge is 2.15. The van der Waals surface area contributed by atoms with Crippen LogP contribution in [0.2, 0.25) is 0 Å². The molecule has 0 atom stereocenters. The molecule has 0 aliphatic rings. The van der Waals surface area contributed by atoms with Crippen molar-refractivity contribution in [2.24, 2.45) is 0 Å². The third kappa shape index (κ3) is 3.76. The Morgan fingerprint density at radius 3 is 2.48 bits per heavy atom. The predicted molar refractivity (Wildman–Crippen MR) is 85.5 cm³/mol. The van der Waals surface area contributed by atoms with Gasteiger partial charge in [0.1, 0.15) is 5.69 Å². The smallest absolute Gasteiger partial charge is 0.292 e. The van der Waals surface area contributed by atoms with Crippen molar-refractivity contribution < 1.29 is 19.2 Å². The number of methoxy groups -OCH3 is 2. The Balaban J connectivity index is 2.13. The molecule has 0 aliphatic carbocycles. The van der Waals surface area contributed by atoms with Crippen LogP contribution in [0.4, 0.5) is 11.4 Å². The second-order valence-corrected chi connectivity index (χ2v) is 4.62. The normalized spacial score (nSPS) is 10.0. The third-order valence-electron chi connectivity index (χ3n) is 3.25. The minimum atomic E-state index is -0.497. The average Bonchev–Trinajstić information content (AvgIpc) is 2.59. The van der Waals surface area contributed by atoms with E-state index in [2.05, 4.69) is 5.32 Å². The van der Waals surface area contributed by atoms with Gasteiger partial charge in [0.05, 0.1) is 25.7 Å². The van der Waals surface area contributed by atoms with Crippen molar-refractivity contribution in [1.29, 1.82) is 0 Å². The van der Waals surface area contributed by atoms with Crippen LogP contribution in [0.5, 0.6) is 11.5 Å². The second kappa shape index (κ2) is 7.26. The van der Waals surface area contributed by atoms with Gasteiger partial charge >= 0.3 is 0 Å². The first kappa shape index (κ1) is 16.3. The minimum absolute atomic E-state index is 0.0691. The fraction of sp³-hybridized carbons (Fsp3) is 0.188. The first-order chi connectivity index (χ1) is 11.1. The number of hydrogen-bond acceptors (Lipinski definition) is 6. The summed E-state index contributed by atoms with van der Waals surface area (Å²) in [4.78, 5) is 22.7. The Hall–Kier alpha value is -3.09. The topological polar surface area (TPSA) is 90.7 Å². The van der Waals surface area contributed by atoms with Crippen molar-refractivity contribution in [2.45, 2.75) is 0 Å². The van der Waals surface area contributed by atoms with Crippen LogP contribution in [0.15, 0.2) is 42.5 Å². The van der Waals surface area contributed by atoms with Crippen LogP contribution in [0.25, 0.3) is 0 Å². The molecule has 120 valence electrons. The molecule has 0 aromatic heterocycles. The summed E-state index contributed by atoms with van der Waals surface area (Å²) in [6.07, 6.45) is 0. The molecule has 2 rings (SSSR count). The van der Waals surface area contributed by atoms with Gasteiger partial charge in [0.2, 0.25) is 0 Å². The molecule has 0 radical (unpaired) electrons. The van der Waals surface area contributed by atoms with Gasteiger partial charge in [-0.05, 0) is 24.3 Å². The zero-order chi connectivity index (χ0) is 16.8. The number of carbonyl (C=O) groups is 1. The van der Waals surface area contributed by atoms with E-state index in [0.29, 0.717) is 22.7 Å². The maximum atomic E-state index is 12.2. The van der Waals surface area contributed by atoms with E-state index in [1.54, 1.807) is 36.4 Å². The largest absolute Gasteiger partial charge is 0.493 e. The van der Waals surface area contributed by atoms with E-state index >= 15 is 0 Å². The molecule has 0 bridgehead atoms. The molecule has 0 amide bonds. The Labute approximate surface area is 133 Å². The van der Waals surface area contributed by atoms with Crippen molar-refractivity contribution in [3.63, 3.8) is 0 Å². The molecule has 1 N–H and O–H groups in total. The number of nitrogens with one attached hydrogen (secondary N) is 1. The van der Waals surface area contributed by atoms with Gasteiger partial charge in [-0.25, -0.2) is 0 Å². The van der Waals surface area contributed by atoms with E-state index in [9.17, 15) is 14.9 Å². The first-order valence-electron chi connectivity index (χ1n) is 6.79. The number of benzene rings is 2. The molecule has 0 heterocycles. The number of carbonyl (C=O) groups excluding carboxylic acids is 1. The van der Waals surface area contributed by atoms with Crippen LogP contribution in [-0.4, -0.2) is 31.5 Å². The molecular weight excluding hydrogens is 300 g/mol. The molecule has 2 aromatic rings. The molecule has 2 aromatic carbocycles. The quantitative estimate of drug-likeness (QED) is 0.480. The van der Waals surface area contributed by atoms with Crippen LogP contribution >= 0.6 is 0 Å². The van der Waals surface area contributed by atoms with Crippen LogP contribution in [0.3, 0.4) is 0 Å². The van der Waals surface area contributed by atoms with E-state index in [4.69, 9.17) is 9.47 Å². The van der Waals surface area contributed by atoms with Crippen molar-refractivity contribution in [3.8, 4) is 11.5 Å². The Kier molecular flexibility index (Phi) is 5.14. The summed E-state index contributed by atoms with van der Waals surface area (Å²) in [7, 11) is 2.99. The lowest BCUT2D eigenvalue weighted by molar-refractivity contribution is -0.383. The number of nitro benzene ring substituents is 1. The van der Waals surface area contributed by atoms with Crippen LogP contribution in [-0.2, 0) is 0 Å². The van der Waals surface area contributed by atoms with Gasteiger partial charge in [-0.3, -0.25) is 14.9 Å². The van der Waals surface area contributed by atoms with Gasteiger partial charge < -0.3 is 14.8 Å². The SMILES string of the molecule is COc1ccc(C(=O)CNc2ccccc2[N+](=O)[O-])cc1OC. The number of Topliss-reactive ketones (excluding diaryl/α,β-unsaturated/α-hetero) is 1. The van der Waals surface area contributed by atoms with E-state index in [1.807, 2.05) is 0 Å². The molecular formula is C16H16N2O5. The molecule has 0 saturated carbocycles. The van der Waals surface area contributed by atoms with Crippen molar-refractivity contribution >= 4 is 17.2 Å². The number of ketones is 1. The van der Waals surface area contributed by atoms with E-state index in [0.717, 1.165) is 0 Å². The summed E-state index contributed by atoms with van der Waals surface area (Å²) < 4.78 is 10.3. The highest BCUT2D eigenvalue weighted by atomic mass is 16.6. The molecule has 23 heavy (non-hydrogen) atoms. The fourth-order valence-corrected chi connectivity index (χ4v) is 2.07. The van der Waals surface area contributed by atoms with Gasteiger partial charge in [-0.15, -0.1) is 0 Å². The van der Waals surface area contributed by atoms with E-state index in [-0.39, 0.29) is 18.0 Å². The zero-order valence-corrected chi connectivity index (χ0v) is 12.7. The number of nitro groups is 1. The summed E-state index contributed by atoms with van der Waals surface area (Å²) in [5.41, 5.74) is 0.646. The average molecular weight is 316 g/mol. The van der Waals surface area contributed by atoms with Gasteiger partial charge in [0, 0.05) is 11.6 Å². The molecule has 7 heteroatoms. The van der Waals surface area contributed by atoms with Gasteiger partial charge in [0.15, 0.2) is 17.3 Å². The van der Waals surface area contributed by atoms with Crippen molar-refractivity contribution in [2.75, 3.05) is 26.1 Å². The summed E-state index contributed by atoms with van der Waals surface area (Å²) in [6.45, 7) is -0.0691. The minimum Gasteiger partial charge on any atom is -0.493 e. The fourth-order valence-electron chi connectivity index (χ4n) is 2.07. The lowest BCUT2D eigenvalue weighted by Gasteiger charge is -2.10. The summed E-state index contributed by atoms with van der Waals surface area (Å²) in [5, 5.41) is 13.7. The molecule has 0 spiro atoms.